The maximum Gasteiger partial charge on any atom is 0.410 e. The number of thiophene rings is 1. The van der Waals surface area contributed by atoms with Crippen molar-refractivity contribution in [3.8, 4) is 0 Å². The summed E-state index contributed by atoms with van der Waals surface area (Å²) in [6, 6.07) is 9.83. The number of hydrogen-bond acceptors (Lipinski definition) is 7. The topological polar surface area (TPSA) is 131 Å². The summed E-state index contributed by atoms with van der Waals surface area (Å²) in [7, 11) is 0. The molecule has 0 saturated carbocycles. The number of nitrogens with two attached hydrogens (primary N) is 1. The molecular formula is C22H28N4O5S. The van der Waals surface area contributed by atoms with E-state index in [1.165, 1.54) is 16.2 Å². The van der Waals surface area contributed by atoms with Gasteiger partial charge in [0, 0.05) is 10.6 Å². The van der Waals surface area contributed by atoms with Gasteiger partial charge in [0.05, 0.1) is 25.7 Å². The van der Waals surface area contributed by atoms with E-state index in [-0.39, 0.29) is 37.4 Å². The molecule has 1 unspecified atom stereocenters. The zero-order chi connectivity index (χ0) is 23.5. The second-order valence-electron chi connectivity index (χ2n) is 7.41. The minimum absolute atomic E-state index is 0.0238. The zero-order valence-electron chi connectivity index (χ0n) is 18.1. The first-order chi connectivity index (χ1) is 15.3. The fraction of sp³-hybridized carbons (Fsp3) is 0.364. The third-order valence-electron chi connectivity index (χ3n) is 4.52. The van der Waals surface area contributed by atoms with E-state index in [9.17, 15) is 19.2 Å². The summed E-state index contributed by atoms with van der Waals surface area (Å²) < 4.78 is 5.31. The number of carbonyl (C=O) groups excluding carboxylic acids is 4. The second-order valence-corrected chi connectivity index (χ2v) is 8.45. The van der Waals surface area contributed by atoms with Gasteiger partial charge in [-0.1, -0.05) is 32.0 Å². The Balaban J connectivity index is 1.80. The highest BCUT2D eigenvalue weighted by molar-refractivity contribution is 7.09. The van der Waals surface area contributed by atoms with Crippen molar-refractivity contribution < 1.29 is 23.9 Å². The Morgan fingerprint density at radius 1 is 1.19 bits per heavy atom. The van der Waals surface area contributed by atoms with E-state index in [0.717, 1.165) is 10.4 Å². The summed E-state index contributed by atoms with van der Waals surface area (Å²) in [5.41, 5.74) is 6.99. The molecule has 32 heavy (non-hydrogen) atoms. The summed E-state index contributed by atoms with van der Waals surface area (Å²) in [6.07, 6.45) is 0.0730. The molecule has 1 aromatic carbocycles. The van der Waals surface area contributed by atoms with Gasteiger partial charge in [0.2, 0.25) is 11.8 Å². The fourth-order valence-corrected chi connectivity index (χ4v) is 3.32. The maximum absolute atomic E-state index is 12.3. The van der Waals surface area contributed by atoms with Gasteiger partial charge in [-0.25, -0.2) is 4.79 Å². The van der Waals surface area contributed by atoms with E-state index in [1.807, 2.05) is 31.4 Å². The highest BCUT2D eigenvalue weighted by Crippen LogP contribution is 2.14. The van der Waals surface area contributed by atoms with E-state index in [4.69, 9.17) is 10.5 Å². The number of anilines is 1. The summed E-state index contributed by atoms with van der Waals surface area (Å²) in [5.74, 6) is -0.789. The van der Waals surface area contributed by atoms with Crippen LogP contribution in [-0.4, -0.2) is 48.2 Å². The smallest absolute Gasteiger partial charge is 0.410 e. The van der Waals surface area contributed by atoms with E-state index in [1.54, 1.807) is 24.3 Å². The normalized spacial score (nSPS) is 11.5. The van der Waals surface area contributed by atoms with Crippen LogP contribution in [0.5, 0.6) is 0 Å². The third kappa shape index (κ3) is 8.12. The number of aldehydes is 1. The van der Waals surface area contributed by atoms with Gasteiger partial charge in [-0.05, 0) is 35.1 Å². The molecule has 1 heterocycles. The molecule has 0 aliphatic carbocycles. The Morgan fingerprint density at radius 2 is 1.91 bits per heavy atom. The first-order valence-electron chi connectivity index (χ1n) is 10.1. The lowest BCUT2D eigenvalue weighted by Gasteiger charge is -2.19. The molecule has 9 nitrogen and oxygen atoms in total. The van der Waals surface area contributed by atoms with Crippen LogP contribution in [0.1, 0.15) is 24.3 Å². The predicted octanol–water partition coefficient (Wildman–Crippen LogP) is 2.12. The van der Waals surface area contributed by atoms with Crippen molar-refractivity contribution in [2.45, 2.75) is 33.0 Å². The monoisotopic (exact) mass is 460 g/mol. The molecule has 0 aliphatic heterocycles. The van der Waals surface area contributed by atoms with Crippen LogP contribution >= 0.6 is 11.3 Å². The van der Waals surface area contributed by atoms with Gasteiger partial charge < -0.3 is 25.9 Å². The van der Waals surface area contributed by atoms with Crippen molar-refractivity contribution in [3.63, 3.8) is 0 Å². The molecule has 0 saturated heterocycles. The number of nitrogens with zero attached hydrogens (tertiary/aromatic N) is 1. The standard InChI is InChI=1S/C22H28N4O5S/c1-15(2)20(23)21(29)24-12-19(28)25-17-7-5-16(6-8-17)14-31-22(30)26(9-10-27)13-18-4-3-11-32-18/h3-8,10-11,15,20H,9,12-14,23H2,1-2H3,(H,24,29)(H,25,28). The lowest BCUT2D eigenvalue weighted by atomic mass is 10.1. The second kappa shape index (κ2) is 12.6. The number of rotatable bonds is 11. The number of benzene rings is 1. The summed E-state index contributed by atoms with van der Waals surface area (Å²) in [6.45, 7) is 3.74. The average Bonchev–Trinajstić information content (AvgIpc) is 3.29. The van der Waals surface area contributed by atoms with Crippen LogP contribution in [0.2, 0.25) is 0 Å². The molecule has 4 N–H and O–H groups in total. The Labute approximate surface area is 190 Å². The number of hydrogen-bond donors (Lipinski definition) is 3. The van der Waals surface area contributed by atoms with Crippen LogP contribution in [0.25, 0.3) is 0 Å². The van der Waals surface area contributed by atoms with Crippen LogP contribution in [0.4, 0.5) is 10.5 Å². The predicted molar refractivity (Wildman–Crippen MR) is 122 cm³/mol. The highest BCUT2D eigenvalue weighted by atomic mass is 32.1. The van der Waals surface area contributed by atoms with Crippen LogP contribution in [0.15, 0.2) is 41.8 Å². The quantitative estimate of drug-likeness (QED) is 0.440. The Bertz CT molecular complexity index is 900. The molecule has 10 heteroatoms. The fourth-order valence-electron chi connectivity index (χ4n) is 2.60. The van der Waals surface area contributed by atoms with Gasteiger partial charge in [-0.15, -0.1) is 11.3 Å². The first-order valence-corrected chi connectivity index (χ1v) is 11.0. The molecule has 1 aromatic heterocycles. The molecule has 0 fully saturated rings. The molecular weight excluding hydrogens is 432 g/mol. The molecule has 3 amide bonds. The van der Waals surface area contributed by atoms with E-state index >= 15 is 0 Å². The van der Waals surface area contributed by atoms with Crippen LogP contribution in [-0.2, 0) is 32.3 Å². The van der Waals surface area contributed by atoms with Crippen LogP contribution in [0, 0.1) is 5.92 Å². The largest absolute Gasteiger partial charge is 0.445 e. The van der Waals surface area contributed by atoms with E-state index in [0.29, 0.717) is 18.5 Å². The van der Waals surface area contributed by atoms with Crippen molar-refractivity contribution in [3.05, 3.63) is 52.2 Å². The van der Waals surface area contributed by atoms with E-state index in [2.05, 4.69) is 10.6 Å². The molecule has 0 aliphatic rings. The van der Waals surface area contributed by atoms with Gasteiger partial charge in [0.15, 0.2) is 0 Å². The number of ether oxygens (including phenoxy) is 1. The zero-order valence-corrected chi connectivity index (χ0v) is 18.9. The Kier molecular flexibility index (Phi) is 9.83. The minimum atomic E-state index is -0.669. The van der Waals surface area contributed by atoms with Gasteiger partial charge in [0.25, 0.3) is 0 Å². The molecule has 0 bridgehead atoms. The summed E-state index contributed by atoms with van der Waals surface area (Å²) >= 11 is 1.49. The molecule has 0 radical (unpaired) electrons. The van der Waals surface area contributed by atoms with Crippen molar-refractivity contribution in [2.75, 3.05) is 18.4 Å². The lowest BCUT2D eigenvalue weighted by molar-refractivity contribution is -0.125. The summed E-state index contributed by atoms with van der Waals surface area (Å²) in [5, 5.41) is 7.07. The minimum Gasteiger partial charge on any atom is -0.445 e. The summed E-state index contributed by atoms with van der Waals surface area (Å²) in [4.78, 5) is 49.3. The Morgan fingerprint density at radius 3 is 2.50 bits per heavy atom. The van der Waals surface area contributed by atoms with Crippen molar-refractivity contribution in [2.24, 2.45) is 11.7 Å². The number of carbonyl (C=O) groups is 4. The molecule has 2 aromatic rings. The lowest BCUT2D eigenvalue weighted by Crippen LogP contribution is -2.46. The van der Waals surface area contributed by atoms with Crippen LogP contribution in [0.3, 0.4) is 0 Å². The SMILES string of the molecule is CC(C)C(N)C(=O)NCC(=O)Nc1ccc(COC(=O)N(CC=O)Cc2cccs2)cc1. The number of nitrogens with one attached hydrogen (secondary N) is 2. The Hall–Kier alpha value is -3.24. The van der Waals surface area contributed by atoms with Gasteiger partial charge >= 0.3 is 6.09 Å². The van der Waals surface area contributed by atoms with Crippen molar-refractivity contribution >= 4 is 41.2 Å². The first kappa shape index (κ1) is 25.0. The number of amides is 3. The highest BCUT2D eigenvalue weighted by Gasteiger charge is 2.18. The van der Waals surface area contributed by atoms with Gasteiger partial charge in [0.1, 0.15) is 12.9 Å². The van der Waals surface area contributed by atoms with E-state index < -0.39 is 12.1 Å². The van der Waals surface area contributed by atoms with Crippen LogP contribution < -0.4 is 16.4 Å². The maximum atomic E-state index is 12.3. The van der Waals surface area contributed by atoms with Gasteiger partial charge in [-0.2, -0.15) is 0 Å². The van der Waals surface area contributed by atoms with Crippen molar-refractivity contribution in [1.82, 2.24) is 10.2 Å². The third-order valence-corrected chi connectivity index (χ3v) is 5.39. The molecule has 172 valence electrons. The molecule has 2 rings (SSSR count). The average molecular weight is 461 g/mol. The molecule has 0 spiro atoms. The molecule has 1 atom stereocenters. The van der Waals surface area contributed by atoms with Gasteiger partial charge in [-0.3, -0.25) is 14.5 Å². The van der Waals surface area contributed by atoms with Crippen molar-refractivity contribution in [1.29, 1.82) is 0 Å².